The number of phosphoric acid groups is 3. The zero-order valence-corrected chi connectivity index (χ0v) is 38.6. The number of phosphoric ester groups is 3. The third-order valence-corrected chi connectivity index (χ3v) is 5.09. The molecule has 0 atom stereocenters. The number of rotatable bonds is 11. The molecule has 0 N–H and O–H groups in total. The summed E-state index contributed by atoms with van der Waals surface area (Å²) in [4.78, 5) is 66.8. The summed E-state index contributed by atoms with van der Waals surface area (Å²) in [5, 5.41) is 0. The molecule has 0 saturated carbocycles. The molecule has 0 spiro atoms. The van der Waals surface area contributed by atoms with Crippen LogP contribution in [0.5, 0.6) is 34.5 Å². The molecular weight excluding hydrogens is 675 g/mol. The zero-order chi connectivity index (χ0) is 26.6. The molecule has 15 nitrogen and oxygen atoms in total. The maximum Gasteiger partial charge on any atom is 1.00 e. The third-order valence-electron chi connectivity index (χ3n) is 3.87. The first-order valence-electron chi connectivity index (χ1n) is 8.87. The van der Waals surface area contributed by atoms with Crippen LogP contribution in [0.1, 0.15) is 11.1 Å². The molecule has 41 heavy (non-hydrogen) atoms. The van der Waals surface area contributed by atoms with Crippen molar-refractivity contribution in [3.8, 4) is 34.5 Å². The zero-order valence-electron chi connectivity index (χ0n) is 23.9. The number of hydrogen-bond acceptors (Lipinski definition) is 15. The molecule has 0 aromatic heterocycles. The topological polar surface area (TPSA) is 245 Å². The van der Waals surface area contributed by atoms with Crippen molar-refractivity contribution in [2.45, 2.75) is 0 Å². The minimum absolute atomic E-state index is 0. The van der Waals surface area contributed by atoms with Crippen LogP contribution in [0.4, 0.5) is 0 Å². The van der Waals surface area contributed by atoms with Crippen LogP contribution in [-0.4, -0.2) is 21.3 Å². The Morgan fingerprint density at radius 1 is 0.537 bits per heavy atom. The van der Waals surface area contributed by atoms with E-state index in [-0.39, 0.29) is 200 Å². The Hall–Kier alpha value is 3.43. The molecule has 0 heterocycles. The van der Waals surface area contributed by atoms with E-state index < -0.39 is 46.5 Å². The van der Waals surface area contributed by atoms with Crippen LogP contribution in [0.3, 0.4) is 0 Å². The quantitative estimate of drug-likeness (QED) is 0.121. The Kier molecular flexibility index (Phi) is 31.2. The van der Waals surface area contributed by atoms with Crippen molar-refractivity contribution in [3.05, 3.63) is 35.4 Å². The summed E-state index contributed by atoms with van der Waals surface area (Å²) < 4.78 is 61.2. The first-order chi connectivity index (χ1) is 16.1. The number of hydrogen-bond donors (Lipinski definition) is 0. The summed E-state index contributed by atoms with van der Waals surface area (Å²) in [5.74, 6) is -3.41. The van der Waals surface area contributed by atoms with Gasteiger partial charge in [0.25, 0.3) is 0 Å². The number of benzene rings is 2. The van der Waals surface area contributed by atoms with Gasteiger partial charge >= 0.3 is 177 Å². The summed E-state index contributed by atoms with van der Waals surface area (Å²) in [6, 6.07) is 4.63. The normalized spacial score (nSPS) is 10.6. The van der Waals surface area contributed by atoms with Gasteiger partial charge in [0.1, 0.15) is 23.5 Å². The van der Waals surface area contributed by atoms with E-state index in [1.807, 2.05) is 0 Å². The van der Waals surface area contributed by atoms with E-state index in [0.717, 1.165) is 39.5 Å². The van der Waals surface area contributed by atoms with Crippen molar-refractivity contribution < 1.29 is 248 Å². The van der Waals surface area contributed by atoms with Crippen LogP contribution < -0.4 is 234 Å². The van der Waals surface area contributed by atoms with Gasteiger partial charge in [-0.1, -0.05) is 12.2 Å². The van der Waals surface area contributed by atoms with Gasteiger partial charge in [-0.05, 0) is 29.8 Å². The standard InChI is InChI=1S/C17H21O15P3.6Na/c1-27-12-7-6-11(15(30-33(18,19)20)17(12)32-35(24,25)26)5-4-10-8-13(28-2)16(14(9-10)29-3)31-34(21,22)23;;;;;;/h4-9H,1-3H3,(H2,18,19,20)(H2,21,22,23)(H2,24,25,26);;;;;;/q;6*+1/p-6/b5-4+;;;;;;. The summed E-state index contributed by atoms with van der Waals surface area (Å²) in [7, 11) is -13.7. The molecule has 0 aliphatic rings. The van der Waals surface area contributed by atoms with Gasteiger partial charge in [-0.25, -0.2) is 0 Å². The minimum Gasteiger partial charge on any atom is -0.780 e. The van der Waals surface area contributed by atoms with E-state index in [9.17, 15) is 43.1 Å². The average molecular weight is 690 g/mol. The average Bonchev–Trinajstić information content (AvgIpc) is 2.71. The van der Waals surface area contributed by atoms with Crippen molar-refractivity contribution in [1.82, 2.24) is 0 Å². The van der Waals surface area contributed by atoms with Crippen molar-refractivity contribution >= 4 is 35.6 Å². The smallest absolute Gasteiger partial charge is 0.780 e. The molecule has 0 amide bonds. The van der Waals surface area contributed by atoms with Gasteiger partial charge in [0, 0.05) is 5.56 Å². The molecule has 0 unspecified atom stereocenters. The van der Waals surface area contributed by atoms with Gasteiger partial charge in [0.05, 0.1) is 21.3 Å². The largest absolute Gasteiger partial charge is 1.00 e. The van der Waals surface area contributed by atoms with E-state index in [2.05, 4.69) is 13.6 Å². The van der Waals surface area contributed by atoms with E-state index >= 15 is 0 Å². The molecule has 0 aliphatic carbocycles. The Morgan fingerprint density at radius 2 is 0.902 bits per heavy atom. The van der Waals surface area contributed by atoms with Crippen molar-refractivity contribution in [2.24, 2.45) is 0 Å². The van der Waals surface area contributed by atoms with Crippen molar-refractivity contribution in [2.75, 3.05) is 21.3 Å². The van der Waals surface area contributed by atoms with Crippen LogP contribution in [-0.2, 0) is 13.7 Å². The number of methoxy groups -OCH3 is 3. The predicted molar refractivity (Wildman–Crippen MR) is 106 cm³/mol. The fourth-order valence-electron chi connectivity index (χ4n) is 2.64. The summed E-state index contributed by atoms with van der Waals surface area (Å²) in [5.41, 5.74) is -0.0734. The van der Waals surface area contributed by atoms with Crippen LogP contribution in [0.25, 0.3) is 12.2 Å². The Bertz CT molecular complexity index is 1240. The Balaban J connectivity index is -0.000000720. The summed E-state index contributed by atoms with van der Waals surface area (Å²) in [6.45, 7) is 0. The molecule has 0 aliphatic heterocycles. The van der Waals surface area contributed by atoms with Crippen LogP contribution >= 0.6 is 23.5 Å². The molecular formula is C17H15Na6O15P3. The van der Waals surface area contributed by atoms with Crippen LogP contribution in [0.15, 0.2) is 24.3 Å². The second kappa shape index (κ2) is 23.7. The Morgan fingerprint density at radius 3 is 1.27 bits per heavy atom. The molecule has 0 bridgehead atoms. The van der Waals surface area contributed by atoms with E-state index in [1.54, 1.807) is 0 Å². The van der Waals surface area contributed by atoms with Gasteiger partial charge in [-0.2, -0.15) is 0 Å². The maximum atomic E-state index is 11.2. The van der Waals surface area contributed by atoms with Gasteiger partial charge < -0.3 is 70.8 Å². The van der Waals surface area contributed by atoms with Gasteiger partial charge in [0.2, 0.25) is 11.5 Å². The fourth-order valence-corrected chi connectivity index (χ4v) is 3.85. The summed E-state index contributed by atoms with van der Waals surface area (Å²) in [6.07, 6.45) is 2.34. The second-order valence-electron chi connectivity index (χ2n) is 6.22. The van der Waals surface area contributed by atoms with Gasteiger partial charge in [0.15, 0.2) is 23.0 Å². The first kappa shape index (κ1) is 53.9. The first-order valence-corrected chi connectivity index (χ1v) is 13.2. The molecule has 2 aromatic carbocycles. The third kappa shape index (κ3) is 19.1. The van der Waals surface area contributed by atoms with E-state index in [0.29, 0.717) is 0 Å². The summed E-state index contributed by atoms with van der Waals surface area (Å²) >= 11 is 0. The molecule has 0 fully saturated rings. The van der Waals surface area contributed by atoms with Crippen molar-refractivity contribution in [3.63, 3.8) is 0 Å². The van der Waals surface area contributed by atoms with Gasteiger partial charge in [-0.15, -0.1) is 0 Å². The van der Waals surface area contributed by atoms with E-state index in [4.69, 9.17) is 14.2 Å². The fraction of sp³-hybridized carbons (Fsp3) is 0.176. The van der Waals surface area contributed by atoms with Gasteiger partial charge in [-0.3, -0.25) is 0 Å². The maximum absolute atomic E-state index is 11.2. The molecule has 2 aromatic rings. The second-order valence-corrected chi connectivity index (χ2v) is 9.45. The predicted octanol–water partition coefficient (Wildman–Crippen LogP) is -19.5. The molecule has 0 saturated heterocycles. The SMILES string of the molecule is COc1cc(/C=C/c2ccc(OC)c(OP(=O)([O-])[O-])c2OP(=O)([O-])[O-])cc(OC)c1OP(=O)([O-])[O-].[Na+].[Na+].[Na+].[Na+].[Na+].[Na+]. The van der Waals surface area contributed by atoms with Crippen LogP contribution in [0.2, 0.25) is 0 Å². The number of ether oxygens (including phenoxy) is 3. The van der Waals surface area contributed by atoms with Crippen LogP contribution in [0, 0.1) is 0 Å². The molecule has 24 heteroatoms. The minimum atomic E-state index is -5.79. The monoisotopic (exact) mass is 690 g/mol. The van der Waals surface area contributed by atoms with E-state index in [1.165, 1.54) is 18.2 Å². The molecule has 2 rings (SSSR count). The molecule has 194 valence electrons. The van der Waals surface area contributed by atoms with Crippen molar-refractivity contribution in [1.29, 1.82) is 0 Å². The Labute approximate surface area is 368 Å². The molecule has 0 radical (unpaired) electrons.